The molecule has 0 aromatic heterocycles. The molecule has 0 aromatic rings. The summed E-state index contributed by atoms with van der Waals surface area (Å²) >= 11 is 0. The van der Waals surface area contributed by atoms with Gasteiger partial charge in [-0.15, -0.1) is 0 Å². The Balaban J connectivity index is 2.20. The van der Waals surface area contributed by atoms with Gasteiger partial charge in [0.1, 0.15) is 0 Å². The molecule has 1 aliphatic rings. The molecule has 1 fully saturated rings. The molecule has 0 amide bonds. The Morgan fingerprint density at radius 3 is 2.50 bits per heavy atom. The number of aliphatic carboxylic acids is 1. The second kappa shape index (κ2) is 4.44. The standard InChI is InChI=1S/C10H16O4/c1-2-7-14-8(11)3-4-10(5-6-10)9(12)13/h2-7H2,1H3,(H,12,13). The topological polar surface area (TPSA) is 63.6 Å². The van der Waals surface area contributed by atoms with E-state index >= 15 is 0 Å². The second-order valence-corrected chi connectivity index (χ2v) is 3.81. The normalized spacial score (nSPS) is 17.5. The maximum Gasteiger partial charge on any atom is 0.309 e. The second-order valence-electron chi connectivity index (χ2n) is 3.81. The summed E-state index contributed by atoms with van der Waals surface area (Å²) in [6.45, 7) is 2.35. The average Bonchev–Trinajstić information content (AvgIpc) is 2.92. The lowest BCUT2D eigenvalue weighted by atomic mass is 10.0. The Morgan fingerprint density at radius 2 is 2.07 bits per heavy atom. The third-order valence-corrected chi connectivity index (χ3v) is 2.58. The van der Waals surface area contributed by atoms with E-state index in [9.17, 15) is 9.59 Å². The van der Waals surface area contributed by atoms with Crippen LogP contribution in [0, 0.1) is 5.41 Å². The van der Waals surface area contributed by atoms with Gasteiger partial charge in [-0.05, 0) is 25.7 Å². The smallest absolute Gasteiger partial charge is 0.309 e. The summed E-state index contributed by atoms with van der Waals surface area (Å²) in [4.78, 5) is 21.8. The van der Waals surface area contributed by atoms with Crippen LogP contribution in [0.15, 0.2) is 0 Å². The lowest BCUT2D eigenvalue weighted by Gasteiger charge is -2.08. The molecule has 4 heteroatoms. The van der Waals surface area contributed by atoms with E-state index in [0.29, 0.717) is 25.9 Å². The van der Waals surface area contributed by atoms with E-state index in [-0.39, 0.29) is 12.4 Å². The van der Waals surface area contributed by atoms with Crippen LogP contribution in [0.25, 0.3) is 0 Å². The molecule has 0 aliphatic heterocycles. The van der Waals surface area contributed by atoms with Crippen molar-refractivity contribution in [3.05, 3.63) is 0 Å². The zero-order valence-corrected chi connectivity index (χ0v) is 8.41. The van der Waals surface area contributed by atoms with Crippen molar-refractivity contribution in [1.82, 2.24) is 0 Å². The number of ether oxygens (including phenoxy) is 1. The third-order valence-electron chi connectivity index (χ3n) is 2.58. The van der Waals surface area contributed by atoms with Crippen molar-refractivity contribution in [3.63, 3.8) is 0 Å². The predicted molar refractivity (Wildman–Crippen MR) is 49.8 cm³/mol. The van der Waals surface area contributed by atoms with Crippen molar-refractivity contribution in [2.24, 2.45) is 5.41 Å². The van der Waals surface area contributed by atoms with Crippen molar-refractivity contribution in [2.45, 2.75) is 39.0 Å². The molecule has 1 N–H and O–H groups in total. The summed E-state index contributed by atoms with van der Waals surface area (Å²) in [6, 6.07) is 0. The first-order valence-corrected chi connectivity index (χ1v) is 5.00. The highest BCUT2D eigenvalue weighted by Crippen LogP contribution is 2.49. The van der Waals surface area contributed by atoms with Gasteiger partial charge in [0.05, 0.1) is 12.0 Å². The quantitative estimate of drug-likeness (QED) is 0.661. The SMILES string of the molecule is CCCOC(=O)CCC1(C(=O)O)CC1. The minimum absolute atomic E-state index is 0.228. The van der Waals surface area contributed by atoms with Gasteiger partial charge in [-0.3, -0.25) is 9.59 Å². The van der Waals surface area contributed by atoms with Crippen LogP contribution in [-0.4, -0.2) is 23.7 Å². The van der Waals surface area contributed by atoms with Gasteiger partial charge < -0.3 is 9.84 Å². The van der Waals surface area contributed by atoms with E-state index in [1.54, 1.807) is 0 Å². The van der Waals surface area contributed by atoms with Gasteiger partial charge in [-0.1, -0.05) is 6.92 Å². The van der Waals surface area contributed by atoms with Crippen LogP contribution < -0.4 is 0 Å². The molecule has 0 unspecified atom stereocenters. The maximum absolute atomic E-state index is 11.1. The molecule has 0 saturated heterocycles. The number of rotatable bonds is 6. The first kappa shape index (κ1) is 11.0. The number of carboxylic acid groups (broad SMARTS) is 1. The monoisotopic (exact) mass is 200 g/mol. The molecule has 1 rings (SSSR count). The Morgan fingerprint density at radius 1 is 1.43 bits per heavy atom. The molecule has 1 saturated carbocycles. The number of carbonyl (C=O) groups is 2. The van der Waals surface area contributed by atoms with Crippen LogP contribution in [-0.2, 0) is 14.3 Å². The van der Waals surface area contributed by atoms with Crippen LogP contribution in [0.5, 0.6) is 0 Å². The molecule has 0 radical (unpaired) electrons. The lowest BCUT2D eigenvalue weighted by molar-refractivity contribution is -0.146. The van der Waals surface area contributed by atoms with Gasteiger partial charge in [0.15, 0.2) is 0 Å². The molecule has 0 spiro atoms. The highest BCUT2D eigenvalue weighted by molar-refractivity contribution is 5.79. The summed E-state index contributed by atoms with van der Waals surface area (Å²) < 4.78 is 4.86. The molecule has 0 heterocycles. The van der Waals surface area contributed by atoms with E-state index in [2.05, 4.69) is 0 Å². The Hall–Kier alpha value is -1.06. The number of esters is 1. The minimum atomic E-state index is -0.777. The number of carbonyl (C=O) groups excluding carboxylic acids is 1. The number of hydrogen-bond acceptors (Lipinski definition) is 3. The Kier molecular flexibility index (Phi) is 3.49. The fourth-order valence-electron chi connectivity index (χ4n) is 1.35. The molecule has 0 bridgehead atoms. The van der Waals surface area contributed by atoms with Gasteiger partial charge >= 0.3 is 11.9 Å². The third kappa shape index (κ3) is 2.72. The maximum atomic E-state index is 11.1. The highest BCUT2D eigenvalue weighted by atomic mass is 16.5. The van der Waals surface area contributed by atoms with Crippen LogP contribution in [0.1, 0.15) is 39.0 Å². The van der Waals surface area contributed by atoms with Gasteiger partial charge in [0, 0.05) is 6.42 Å². The molecule has 80 valence electrons. The number of hydrogen-bond donors (Lipinski definition) is 1. The van der Waals surface area contributed by atoms with E-state index in [1.807, 2.05) is 6.92 Å². The summed E-state index contributed by atoms with van der Waals surface area (Å²) in [6.07, 6.45) is 2.85. The zero-order valence-electron chi connectivity index (χ0n) is 8.41. The van der Waals surface area contributed by atoms with E-state index in [4.69, 9.17) is 9.84 Å². The molecule has 1 aliphatic carbocycles. The summed E-state index contributed by atoms with van der Waals surface area (Å²) in [7, 11) is 0. The van der Waals surface area contributed by atoms with Gasteiger partial charge in [0.25, 0.3) is 0 Å². The minimum Gasteiger partial charge on any atom is -0.481 e. The largest absolute Gasteiger partial charge is 0.481 e. The predicted octanol–water partition coefficient (Wildman–Crippen LogP) is 1.58. The van der Waals surface area contributed by atoms with Crippen LogP contribution in [0.3, 0.4) is 0 Å². The van der Waals surface area contributed by atoms with Gasteiger partial charge in [0.2, 0.25) is 0 Å². The zero-order chi connectivity index (χ0) is 10.6. The fourth-order valence-corrected chi connectivity index (χ4v) is 1.35. The van der Waals surface area contributed by atoms with Crippen molar-refractivity contribution in [2.75, 3.05) is 6.61 Å². The van der Waals surface area contributed by atoms with Crippen LogP contribution in [0.4, 0.5) is 0 Å². The van der Waals surface area contributed by atoms with E-state index in [1.165, 1.54) is 0 Å². The lowest BCUT2D eigenvalue weighted by Crippen LogP contribution is -2.17. The molecular weight excluding hydrogens is 184 g/mol. The van der Waals surface area contributed by atoms with Crippen molar-refractivity contribution in [1.29, 1.82) is 0 Å². The van der Waals surface area contributed by atoms with E-state index < -0.39 is 11.4 Å². The fraction of sp³-hybridized carbons (Fsp3) is 0.800. The summed E-state index contributed by atoms with van der Waals surface area (Å²) in [5.74, 6) is -1.06. The first-order valence-electron chi connectivity index (χ1n) is 5.00. The molecule has 0 aromatic carbocycles. The highest BCUT2D eigenvalue weighted by Gasteiger charge is 2.49. The summed E-state index contributed by atoms with van der Waals surface area (Å²) in [5.41, 5.74) is -0.606. The molecule has 0 atom stereocenters. The first-order chi connectivity index (χ1) is 6.60. The molecule has 14 heavy (non-hydrogen) atoms. The van der Waals surface area contributed by atoms with Crippen molar-refractivity contribution < 1.29 is 19.4 Å². The molecule has 4 nitrogen and oxygen atoms in total. The van der Waals surface area contributed by atoms with Crippen LogP contribution in [0.2, 0.25) is 0 Å². The summed E-state index contributed by atoms with van der Waals surface area (Å²) in [5, 5.41) is 8.84. The molecular formula is C10H16O4. The van der Waals surface area contributed by atoms with Gasteiger partial charge in [-0.25, -0.2) is 0 Å². The van der Waals surface area contributed by atoms with Gasteiger partial charge in [-0.2, -0.15) is 0 Å². The van der Waals surface area contributed by atoms with Crippen molar-refractivity contribution in [3.8, 4) is 0 Å². The number of carboxylic acids is 1. The van der Waals surface area contributed by atoms with Crippen LogP contribution >= 0.6 is 0 Å². The average molecular weight is 200 g/mol. The Bertz CT molecular complexity index is 230. The Labute approximate surface area is 83.2 Å². The van der Waals surface area contributed by atoms with E-state index in [0.717, 1.165) is 6.42 Å². The van der Waals surface area contributed by atoms with Crippen molar-refractivity contribution >= 4 is 11.9 Å².